The van der Waals surface area contributed by atoms with Gasteiger partial charge in [0.1, 0.15) is 0 Å². The van der Waals surface area contributed by atoms with Crippen molar-refractivity contribution in [2.45, 2.75) is 57.9 Å². The van der Waals surface area contributed by atoms with E-state index in [4.69, 9.17) is 30.8 Å². The standard InChI is InChI=1S/C19H28ClN3O3/c1-4-21-19(23-15-10-13-6-7-16(15)26-13)22-11-12-8-14(20)18(25-5-2)17(9-12)24-3/h8-9,13,15-16H,4-7,10-11H2,1-3H3,(H2,21,22,23). The van der Waals surface area contributed by atoms with Crippen LogP contribution in [0.5, 0.6) is 11.5 Å². The average Bonchev–Trinajstić information content (AvgIpc) is 3.25. The maximum atomic E-state index is 6.35. The fourth-order valence-electron chi connectivity index (χ4n) is 3.60. The van der Waals surface area contributed by atoms with Crippen LogP contribution in [0.1, 0.15) is 38.7 Å². The first kappa shape index (κ1) is 19.1. The Morgan fingerprint density at radius 2 is 2.19 bits per heavy atom. The van der Waals surface area contributed by atoms with Gasteiger partial charge < -0.3 is 24.8 Å². The van der Waals surface area contributed by atoms with Gasteiger partial charge in [0.2, 0.25) is 0 Å². The largest absolute Gasteiger partial charge is 0.493 e. The summed E-state index contributed by atoms with van der Waals surface area (Å²) < 4.78 is 16.9. The van der Waals surface area contributed by atoms with Crippen molar-refractivity contribution in [1.82, 2.24) is 10.6 Å². The predicted molar refractivity (Wildman–Crippen MR) is 103 cm³/mol. The maximum absolute atomic E-state index is 6.35. The zero-order chi connectivity index (χ0) is 18.5. The molecule has 3 unspecified atom stereocenters. The van der Waals surface area contributed by atoms with Crippen LogP contribution >= 0.6 is 11.6 Å². The minimum Gasteiger partial charge on any atom is -0.493 e. The molecule has 0 saturated carbocycles. The van der Waals surface area contributed by atoms with E-state index in [2.05, 4.69) is 17.6 Å². The Morgan fingerprint density at radius 3 is 2.81 bits per heavy atom. The Balaban J connectivity index is 1.69. The van der Waals surface area contributed by atoms with Crippen LogP contribution in [0.25, 0.3) is 0 Å². The number of guanidine groups is 1. The van der Waals surface area contributed by atoms with Gasteiger partial charge in [-0.15, -0.1) is 0 Å². The summed E-state index contributed by atoms with van der Waals surface area (Å²) in [6.45, 7) is 5.82. The predicted octanol–water partition coefficient (Wildman–Crippen LogP) is 3.12. The van der Waals surface area contributed by atoms with Gasteiger partial charge in [0.15, 0.2) is 17.5 Å². The number of hydrogen-bond acceptors (Lipinski definition) is 4. The van der Waals surface area contributed by atoms with Crippen LogP contribution in [0.4, 0.5) is 0 Å². The van der Waals surface area contributed by atoms with Crippen LogP contribution in [0.2, 0.25) is 5.02 Å². The number of fused-ring (bicyclic) bond motifs is 2. The molecule has 144 valence electrons. The number of benzene rings is 1. The van der Waals surface area contributed by atoms with E-state index in [9.17, 15) is 0 Å². The SMILES string of the molecule is CCNC(=NCc1cc(Cl)c(OCC)c(OC)c1)NC1CC2CCC1O2. The van der Waals surface area contributed by atoms with Gasteiger partial charge in [-0.1, -0.05) is 11.6 Å². The number of ether oxygens (including phenoxy) is 3. The lowest BCUT2D eigenvalue weighted by Gasteiger charge is -2.22. The summed E-state index contributed by atoms with van der Waals surface area (Å²) in [4.78, 5) is 4.71. The first-order valence-electron chi connectivity index (χ1n) is 9.34. The number of methoxy groups -OCH3 is 1. The second-order valence-corrected chi connectivity index (χ2v) is 7.00. The van der Waals surface area contributed by atoms with E-state index in [0.29, 0.717) is 47.9 Å². The van der Waals surface area contributed by atoms with E-state index in [1.54, 1.807) is 7.11 Å². The number of nitrogens with zero attached hydrogens (tertiary/aromatic N) is 1. The minimum absolute atomic E-state index is 0.309. The molecule has 0 aliphatic carbocycles. The third-order valence-corrected chi connectivity index (χ3v) is 5.05. The molecule has 2 aliphatic rings. The van der Waals surface area contributed by atoms with Gasteiger partial charge in [0.25, 0.3) is 0 Å². The summed E-state index contributed by atoms with van der Waals surface area (Å²) in [6, 6.07) is 4.14. The molecular formula is C19H28ClN3O3. The Morgan fingerprint density at radius 1 is 1.35 bits per heavy atom. The van der Waals surface area contributed by atoms with Gasteiger partial charge in [-0.25, -0.2) is 4.99 Å². The highest BCUT2D eigenvalue weighted by Gasteiger charge is 2.41. The summed E-state index contributed by atoms with van der Waals surface area (Å²) in [5, 5.41) is 7.36. The van der Waals surface area contributed by atoms with Crippen molar-refractivity contribution in [2.75, 3.05) is 20.3 Å². The number of hydrogen-bond donors (Lipinski definition) is 2. The van der Waals surface area contributed by atoms with Gasteiger partial charge >= 0.3 is 0 Å². The van der Waals surface area contributed by atoms with Crippen LogP contribution < -0.4 is 20.1 Å². The normalized spacial score (nSPS) is 24.6. The molecule has 1 aromatic rings. The first-order valence-corrected chi connectivity index (χ1v) is 9.71. The molecule has 0 aromatic heterocycles. The van der Waals surface area contributed by atoms with Crippen LogP contribution in [0.3, 0.4) is 0 Å². The van der Waals surface area contributed by atoms with Gasteiger partial charge in [-0.3, -0.25) is 0 Å². The fourth-order valence-corrected chi connectivity index (χ4v) is 3.89. The smallest absolute Gasteiger partial charge is 0.191 e. The van der Waals surface area contributed by atoms with Crippen LogP contribution in [0, 0.1) is 0 Å². The third kappa shape index (κ3) is 4.35. The molecule has 2 fully saturated rings. The molecule has 0 spiro atoms. The van der Waals surface area contributed by atoms with Crippen LogP contribution in [0.15, 0.2) is 17.1 Å². The molecule has 2 N–H and O–H groups in total. The summed E-state index contributed by atoms with van der Waals surface area (Å²) in [5.41, 5.74) is 0.969. The van der Waals surface area contributed by atoms with E-state index < -0.39 is 0 Å². The molecule has 0 amide bonds. The lowest BCUT2D eigenvalue weighted by Crippen LogP contribution is -2.47. The average molecular weight is 382 g/mol. The number of halogens is 1. The van der Waals surface area contributed by atoms with Crippen molar-refractivity contribution in [2.24, 2.45) is 4.99 Å². The van der Waals surface area contributed by atoms with Crippen molar-refractivity contribution in [3.63, 3.8) is 0 Å². The van der Waals surface area contributed by atoms with E-state index in [1.165, 1.54) is 6.42 Å². The van der Waals surface area contributed by atoms with Crippen molar-refractivity contribution < 1.29 is 14.2 Å². The second kappa shape index (κ2) is 8.82. The maximum Gasteiger partial charge on any atom is 0.191 e. The van der Waals surface area contributed by atoms with Gasteiger partial charge in [-0.2, -0.15) is 0 Å². The quantitative estimate of drug-likeness (QED) is 0.561. The fraction of sp³-hybridized carbons (Fsp3) is 0.632. The van der Waals surface area contributed by atoms with Crippen molar-refractivity contribution >= 4 is 17.6 Å². The zero-order valence-electron chi connectivity index (χ0n) is 15.7. The van der Waals surface area contributed by atoms with E-state index >= 15 is 0 Å². The van der Waals surface area contributed by atoms with Crippen molar-refractivity contribution in [3.05, 3.63) is 22.7 Å². The van der Waals surface area contributed by atoms with Gasteiger partial charge in [0.05, 0.1) is 43.5 Å². The van der Waals surface area contributed by atoms with E-state index in [0.717, 1.165) is 30.9 Å². The molecule has 2 bridgehead atoms. The summed E-state index contributed by atoms with van der Waals surface area (Å²) in [7, 11) is 1.61. The van der Waals surface area contributed by atoms with Crippen molar-refractivity contribution in [3.8, 4) is 11.5 Å². The number of aliphatic imine (C=N–C) groups is 1. The van der Waals surface area contributed by atoms with Gasteiger partial charge in [0, 0.05) is 6.54 Å². The number of nitrogens with one attached hydrogen (secondary N) is 2. The zero-order valence-corrected chi connectivity index (χ0v) is 16.4. The molecule has 0 radical (unpaired) electrons. The van der Waals surface area contributed by atoms with E-state index in [-0.39, 0.29) is 0 Å². The van der Waals surface area contributed by atoms with E-state index in [1.807, 2.05) is 19.1 Å². The van der Waals surface area contributed by atoms with Crippen LogP contribution in [-0.4, -0.2) is 44.5 Å². The molecule has 2 saturated heterocycles. The molecule has 26 heavy (non-hydrogen) atoms. The Kier molecular flexibility index (Phi) is 6.48. The molecule has 6 nitrogen and oxygen atoms in total. The Bertz CT molecular complexity index is 653. The molecule has 7 heteroatoms. The third-order valence-electron chi connectivity index (χ3n) is 4.77. The van der Waals surface area contributed by atoms with Crippen molar-refractivity contribution in [1.29, 1.82) is 0 Å². The molecule has 2 heterocycles. The highest BCUT2D eigenvalue weighted by molar-refractivity contribution is 6.32. The molecule has 3 rings (SSSR count). The summed E-state index contributed by atoms with van der Waals surface area (Å²) in [5.74, 6) is 2.01. The second-order valence-electron chi connectivity index (χ2n) is 6.60. The lowest BCUT2D eigenvalue weighted by atomic mass is 9.96. The first-order chi connectivity index (χ1) is 12.6. The highest BCUT2D eigenvalue weighted by atomic mass is 35.5. The minimum atomic E-state index is 0.309. The highest BCUT2D eigenvalue weighted by Crippen LogP contribution is 2.37. The van der Waals surface area contributed by atoms with Gasteiger partial charge in [-0.05, 0) is 50.8 Å². The molecule has 2 aliphatic heterocycles. The Hall–Kier alpha value is -1.66. The topological polar surface area (TPSA) is 64.1 Å². The number of rotatable bonds is 7. The molecule has 1 aromatic carbocycles. The lowest BCUT2D eigenvalue weighted by molar-refractivity contribution is 0.0992. The summed E-state index contributed by atoms with van der Waals surface area (Å²) in [6.07, 6.45) is 4.09. The Labute approximate surface area is 160 Å². The monoisotopic (exact) mass is 381 g/mol. The molecular weight excluding hydrogens is 354 g/mol. The molecule has 3 atom stereocenters. The summed E-state index contributed by atoms with van der Waals surface area (Å²) >= 11 is 6.35. The van der Waals surface area contributed by atoms with Crippen LogP contribution in [-0.2, 0) is 11.3 Å².